The Kier molecular flexibility index (Phi) is 10.7. The molecule has 0 spiro atoms. The Morgan fingerprint density at radius 1 is 1.18 bits per heavy atom. The van der Waals surface area contributed by atoms with Crippen molar-refractivity contribution in [3.8, 4) is 0 Å². The first kappa shape index (κ1) is 30.5. The number of carbonyl (C=O) groups excluding carboxylic acids is 3. The summed E-state index contributed by atoms with van der Waals surface area (Å²) in [6.45, 7) is 14.3. The Hall–Kier alpha value is -2.02. The summed E-state index contributed by atoms with van der Waals surface area (Å²) < 4.78 is 16.4. The molecule has 1 aromatic heterocycles. The quantitative estimate of drug-likeness (QED) is 0.326. The Labute approximate surface area is 231 Å². The summed E-state index contributed by atoms with van der Waals surface area (Å²) in [6, 6.07) is -0.904. The number of nitrogens with one attached hydrogen (secondary N) is 2. The number of hydrogen-bond acceptors (Lipinski definition) is 9. The van der Waals surface area contributed by atoms with Crippen LogP contribution in [0.25, 0.3) is 0 Å². The zero-order valence-electron chi connectivity index (χ0n) is 23.6. The first-order valence-corrected chi connectivity index (χ1v) is 17.3. The van der Waals surface area contributed by atoms with Gasteiger partial charge < -0.3 is 29.4 Å². The SMILES string of the molecule is COC(=O)[C@H](CO[Si](C)(C)C(C)(C)C)NC(=O)c1csc(N2CCC(CNC(=O)C3CCOCC3)CC2)n1. The van der Waals surface area contributed by atoms with E-state index in [1.165, 1.54) is 18.4 Å². The second-order valence-corrected chi connectivity index (χ2v) is 17.3. The van der Waals surface area contributed by atoms with Gasteiger partial charge in [-0.3, -0.25) is 9.59 Å². The largest absolute Gasteiger partial charge is 0.467 e. The molecule has 0 bridgehead atoms. The number of thiazole rings is 1. The van der Waals surface area contributed by atoms with Crippen LogP contribution in [0.2, 0.25) is 18.1 Å². The molecular formula is C26H44N4O6SSi. The summed E-state index contributed by atoms with van der Waals surface area (Å²) in [7, 11) is -0.809. The maximum atomic E-state index is 12.9. The number of aromatic nitrogens is 1. The van der Waals surface area contributed by atoms with Gasteiger partial charge in [-0.1, -0.05) is 20.8 Å². The monoisotopic (exact) mass is 568 g/mol. The van der Waals surface area contributed by atoms with Crippen molar-refractivity contribution >= 4 is 42.6 Å². The van der Waals surface area contributed by atoms with Gasteiger partial charge in [-0.2, -0.15) is 0 Å². The van der Waals surface area contributed by atoms with Crippen molar-refractivity contribution in [2.24, 2.45) is 11.8 Å². The van der Waals surface area contributed by atoms with E-state index in [-0.39, 0.29) is 29.2 Å². The minimum atomic E-state index is -2.11. The molecule has 38 heavy (non-hydrogen) atoms. The maximum absolute atomic E-state index is 12.9. The van der Waals surface area contributed by atoms with Gasteiger partial charge >= 0.3 is 5.97 Å². The Bertz CT molecular complexity index is 952. The number of ether oxygens (including phenoxy) is 2. The lowest BCUT2D eigenvalue weighted by molar-refractivity contribution is -0.143. The van der Waals surface area contributed by atoms with Crippen LogP contribution in [-0.2, 0) is 23.5 Å². The fourth-order valence-electron chi connectivity index (χ4n) is 4.24. The third kappa shape index (κ3) is 8.24. The number of esters is 1. The first-order valence-electron chi connectivity index (χ1n) is 13.5. The first-order chi connectivity index (χ1) is 17.9. The topological polar surface area (TPSA) is 119 Å². The van der Waals surface area contributed by atoms with Crippen LogP contribution in [0.4, 0.5) is 5.13 Å². The van der Waals surface area contributed by atoms with Crippen LogP contribution in [0.5, 0.6) is 0 Å². The Morgan fingerprint density at radius 3 is 2.45 bits per heavy atom. The smallest absolute Gasteiger partial charge is 0.330 e. The van der Waals surface area contributed by atoms with Crippen molar-refractivity contribution in [1.82, 2.24) is 15.6 Å². The molecule has 0 radical (unpaired) electrons. The molecular weight excluding hydrogens is 524 g/mol. The number of methoxy groups -OCH3 is 1. The minimum absolute atomic E-state index is 0.0225. The maximum Gasteiger partial charge on any atom is 0.330 e. The lowest BCUT2D eigenvalue weighted by Gasteiger charge is -2.37. The van der Waals surface area contributed by atoms with E-state index in [0.29, 0.717) is 25.7 Å². The Balaban J connectivity index is 1.48. The molecule has 1 aromatic rings. The van der Waals surface area contributed by atoms with Crippen LogP contribution >= 0.6 is 11.3 Å². The molecule has 0 aliphatic carbocycles. The van der Waals surface area contributed by atoms with E-state index >= 15 is 0 Å². The number of nitrogens with zero attached hydrogens (tertiary/aromatic N) is 2. The third-order valence-corrected chi connectivity index (χ3v) is 13.4. The van der Waals surface area contributed by atoms with Gasteiger partial charge in [0.15, 0.2) is 13.4 Å². The number of carbonyl (C=O) groups is 3. The van der Waals surface area contributed by atoms with E-state index in [2.05, 4.69) is 54.4 Å². The van der Waals surface area contributed by atoms with Gasteiger partial charge in [0.2, 0.25) is 5.91 Å². The van der Waals surface area contributed by atoms with E-state index in [9.17, 15) is 14.4 Å². The van der Waals surface area contributed by atoms with Gasteiger partial charge in [0.1, 0.15) is 11.7 Å². The van der Waals surface area contributed by atoms with Crippen molar-refractivity contribution in [3.05, 3.63) is 11.1 Å². The second kappa shape index (κ2) is 13.4. The molecule has 2 saturated heterocycles. The zero-order valence-corrected chi connectivity index (χ0v) is 25.4. The number of amides is 2. The molecule has 10 nitrogen and oxygen atoms in total. The summed E-state index contributed by atoms with van der Waals surface area (Å²) in [4.78, 5) is 44.4. The molecule has 2 amide bonds. The van der Waals surface area contributed by atoms with Crippen molar-refractivity contribution in [3.63, 3.8) is 0 Å². The molecule has 0 aromatic carbocycles. The van der Waals surface area contributed by atoms with E-state index in [4.69, 9.17) is 13.9 Å². The number of rotatable bonds is 10. The zero-order chi connectivity index (χ0) is 27.9. The normalized spacial score (nSPS) is 18.6. The van der Waals surface area contributed by atoms with Gasteiger partial charge in [0, 0.05) is 44.1 Å². The molecule has 1 atom stereocenters. The second-order valence-electron chi connectivity index (χ2n) is 11.7. The van der Waals surface area contributed by atoms with E-state index in [1.54, 1.807) is 5.38 Å². The highest BCUT2D eigenvalue weighted by molar-refractivity contribution is 7.13. The van der Waals surface area contributed by atoms with Gasteiger partial charge in [-0.15, -0.1) is 11.3 Å². The number of anilines is 1. The summed E-state index contributed by atoms with van der Waals surface area (Å²) >= 11 is 1.42. The average Bonchev–Trinajstić information content (AvgIpc) is 3.40. The Morgan fingerprint density at radius 2 is 1.84 bits per heavy atom. The average molecular weight is 569 g/mol. The lowest BCUT2D eigenvalue weighted by atomic mass is 9.95. The molecule has 12 heteroatoms. The summed E-state index contributed by atoms with van der Waals surface area (Å²) in [5.41, 5.74) is 0.275. The predicted molar refractivity (Wildman–Crippen MR) is 150 cm³/mol. The predicted octanol–water partition coefficient (Wildman–Crippen LogP) is 3.20. The van der Waals surface area contributed by atoms with Crippen molar-refractivity contribution in [1.29, 1.82) is 0 Å². The molecule has 0 saturated carbocycles. The van der Waals surface area contributed by atoms with E-state index in [0.717, 1.165) is 43.9 Å². The third-order valence-electron chi connectivity index (χ3n) is 7.97. The van der Waals surface area contributed by atoms with Crippen molar-refractivity contribution in [2.45, 2.75) is 70.6 Å². The fourth-order valence-corrected chi connectivity index (χ4v) is 6.12. The van der Waals surface area contributed by atoms with Gasteiger partial charge in [-0.25, -0.2) is 9.78 Å². The molecule has 2 aliphatic heterocycles. The highest BCUT2D eigenvalue weighted by atomic mass is 32.1. The molecule has 3 rings (SSSR count). The minimum Gasteiger partial charge on any atom is -0.467 e. The number of hydrogen-bond donors (Lipinski definition) is 2. The van der Waals surface area contributed by atoms with E-state index < -0.39 is 26.2 Å². The van der Waals surface area contributed by atoms with Crippen LogP contribution in [0, 0.1) is 11.8 Å². The van der Waals surface area contributed by atoms with Crippen LogP contribution in [0.15, 0.2) is 5.38 Å². The summed E-state index contributed by atoms with van der Waals surface area (Å²) in [5.74, 6) is -0.321. The van der Waals surface area contributed by atoms with Gasteiger partial charge in [0.25, 0.3) is 5.91 Å². The van der Waals surface area contributed by atoms with Crippen LogP contribution < -0.4 is 15.5 Å². The molecule has 2 fully saturated rings. The lowest BCUT2D eigenvalue weighted by Crippen LogP contribution is -2.49. The standard InChI is InChI=1S/C26H44N4O6SSi/c1-26(2,3)38(5,6)36-16-20(24(33)34-4)28-23(32)21-17-37-25(29-21)30-11-7-18(8-12-30)15-27-22(31)19-9-13-35-14-10-19/h17-20H,7-16H2,1-6H3,(H,27,31)(H,28,32)/t20-/m0/s1. The molecule has 2 N–H and O–H groups in total. The van der Waals surface area contributed by atoms with Crippen LogP contribution in [0.3, 0.4) is 0 Å². The van der Waals surface area contributed by atoms with E-state index in [1.807, 2.05) is 0 Å². The molecule has 214 valence electrons. The molecule has 2 aliphatic rings. The highest BCUT2D eigenvalue weighted by Crippen LogP contribution is 2.36. The summed E-state index contributed by atoms with van der Waals surface area (Å²) in [5, 5.41) is 8.36. The summed E-state index contributed by atoms with van der Waals surface area (Å²) in [6.07, 6.45) is 3.50. The van der Waals surface area contributed by atoms with Gasteiger partial charge in [-0.05, 0) is 49.7 Å². The van der Waals surface area contributed by atoms with Crippen molar-refractivity contribution < 1.29 is 28.3 Å². The highest BCUT2D eigenvalue weighted by Gasteiger charge is 2.38. The molecule has 3 heterocycles. The number of piperidine rings is 1. The van der Waals surface area contributed by atoms with Crippen LogP contribution in [-0.4, -0.2) is 83.7 Å². The van der Waals surface area contributed by atoms with Crippen molar-refractivity contribution in [2.75, 3.05) is 51.5 Å². The fraction of sp³-hybridized carbons (Fsp3) is 0.769. The van der Waals surface area contributed by atoms with Gasteiger partial charge in [0.05, 0.1) is 13.7 Å². The van der Waals surface area contributed by atoms with Crippen LogP contribution in [0.1, 0.15) is 56.9 Å². The molecule has 0 unspecified atom stereocenters.